The van der Waals surface area contributed by atoms with Crippen molar-refractivity contribution in [3.05, 3.63) is 17.5 Å². The van der Waals surface area contributed by atoms with Gasteiger partial charge in [0.15, 0.2) is 0 Å². The number of hydrogen-bond acceptors (Lipinski definition) is 2. The van der Waals surface area contributed by atoms with Gasteiger partial charge in [-0.3, -0.25) is 4.68 Å². The summed E-state index contributed by atoms with van der Waals surface area (Å²) in [6.45, 7) is 7.52. The lowest BCUT2D eigenvalue weighted by Gasteiger charge is -2.20. The zero-order valence-electron chi connectivity index (χ0n) is 9.18. The fourth-order valence-electron chi connectivity index (χ4n) is 1.77. The number of aryl methyl sites for hydroxylation is 1. The van der Waals surface area contributed by atoms with Crippen molar-refractivity contribution in [3.63, 3.8) is 0 Å². The van der Waals surface area contributed by atoms with Crippen LogP contribution in [0.5, 0.6) is 0 Å². The zero-order valence-corrected chi connectivity index (χ0v) is 9.18. The molecule has 0 spiro atoms. The second-order valence-corrected chi connectivity index (χ2v) is 4.42. The van der Waals surface area contributed by atoms with Crippen LogP contribution < -0.4 is 5.32 Å². The van der Waals surface area contributed by atoms with Crippen molar-refractivity contribution in [2.24, 2.45) is 7.05 Å². The molecule has 1 aromatic heterocycles. The van der Waals surface area contributed by atoms with E-state index in [9.17, 15) is 0 Å². The molecule has 13 heavy (non-hydrogen) atoms. The van der Waals surface area contributed by atoms with Gasteiger partial charge in [-0.25, -0.2) is 0 Å². The highest BCUT2D eigenvalue weighted by molar-refractivity contribution is 5.24. The summed E-state index contributed by atoms with van der Waals surface area (Å²) in [5.41, 5.74) is 2.76. The van der Waals surface area contributed by atoms with Gasteiger partial charge < -0.3 is 5.32 Å². The van der Waals surface area contributed by atoms with Crippen molar-refractivity contribution < 1.29 is 0 Å². The van der Waals surface area contributed by atoms with E-state index in [-0.39, 0.29) is 5.41 Å². The first-order chi connectivity index (χ1) is 5.96. The molecule has 0 aliphatic heterocycles. The molecule has 0 atom stereocenters. The summed E-state index contributed by atoms with van der Waals surface area (Å²) in [5, 5.41) is 7.43. The van der Waals surface area contributed by atoms with Crippen LogP contribution in [-0.4, -0.2) is 16.8 Å². The fraction of sp³-hybridized carbons (Fsp3) is 0.700. The van der Waals surface area contributed by atoms with Gasteiger partial charge in [0, 0.05) is 30.3 Å². The van der Waals surface area contributed by atoms with Crippen LogP contribution in [0.3, 0.4) is 0 Å². The van der Waals surface area contributed by atoms with Crippen LogP contribution in [0.4, 0.5) is 0 Å². The van der Waals surface area contributed by atoms with E-state index in [0.29, 0.717) is 0 Å². The van der Waals surface area contributed by atoms with Crippen molar-refractivity contribution >= 4 is 0 Å². The van der Waals surface area contributed by atoms with Crippen LogP contribution in [0.15, 0.2) is 6.20 Å². The predicted molar refractivity (Wildman–Crippen MR) is 54.7 cm³/mol. The summed E-state index contributed by atoms with van der Waals surface area (Å²) in [6, 6.07) is 0. The molecule has 1 aromatic rings. The Bertz CT molecular complexity index is 281. The average molecular weight is 181 g/mol. The Labute approximate surface area is 80.1 Å². The Morgan fingerprint density at radius 1 is 1.46 bits per heavy atom. The summed E-state index contributed by atoms with van der Waals surface area (Å²) < 4.78 is 1.96. The minimum Gasteiger partial charge on any atom is -0.316 e. The van der Waals surface area contributed by atoms with Gasteiger partial charge in [0.05, 0.1) is 6.20 Å². The van der Waals surface area contributed by atoms with Crippen molar-refractivity contribution in [2.45, 2.75) is 32.7 Å². The molecule has 0 saturated heterocycles. The predicted octanol–water partition coefficient (Wildman–Crippen LogP) is 1.44. The Balaban J connectivity index is 3.09. The molecule has 0 aliphatic carbocycles. The normalized spacial score (nSPS) is 12.1. The molecule has 0 unspecified atom stereocenters. The maximum absolute atomic E-state index is 4.28. The number of aromatic nitrogens is 2. The average Bonchev–Trinajstić information content (AvgIpc) is 2.31. The number of nitrogens with zero attached hydrogens (tertiary/aromatic N) is 2. The van der Waals surface area contributed by atoms with Gasteiger partial charge in [0.25, 0.3) is 0 Å². The Morgan fingerprint density at radius 3 is 2.54 bits per heavy atom. The monoisotopic (exact) mass is 181 g/mol. The van der Waals surface area contributed by atoms with Gasteiger partial charge in [0.2, 0.25) is 0 Å². The van der Waals surface area contributed by atoms with Gasteiger partial charge in [0.1, 0.15) is 0 Å². The van der Waals surface area contributed by atoms with Gasteiger partial charge >= 0.3 is 0 Å². The summed E-state index contributed by atoms with van der Waals surface area (Å²) in [6.07, 6.45) is 1.94. The first-order valence-electron chi connectivity index (χ1n) is 4.62. The van der Waals surface area contributed by atoms with Crippen LogP contribution in [0.1, 0.15) is 32.0 Å². The van der Waals surface area contributed by atoms with Gasteiger partial charge in [-0.15, -0.1) is 0 Å². The standard InChI is InChI=1S/C10H19N3/c1-10(2,3)9-8(6-11-4)7-12-13(9)5/h7,11H,6H2,1-5H3. The zero-order chi connectivity index (χ0) is 10.1. The van der Waals surface area contributed by atoms with E-state index < -0.39 is 0 Å². The van der Waals surface area contributed by atoms with E-state index in [1.165, 1.54) is 11.3 Å². The SMILES string of the molecule is CNCc1cnn(C)c1C(C)(C)C. The number of rotatable bonds is 2. The summed E-state index contributed by atoms with van der Waals surface area (Å²) in [7, 11) is 3.96. The summed E-state index contributed by atoms with van der Waals surface area (Å²) in [5.74, 6) is 0. The van der Waals surface area contributed by atoms with Crippen LogP contribution in [0.2, 0.25) is 0 Å². The second-order valence-electron chi connectivity index (χ2n) is 4.42. The molecule has 74 valence electrons. The highest BCUT2D eigenvalue weighted by Gasteiger charge is 2.21. The topological polar surface area (TPSA) is 29.9 Å². The molecule has 0 saturated carbocycles. The van der Waals surface area contributed by atoms with Crippen molar-refractivity contribution in [1.82, 2.24) is 15.1 Å². The highest BCUT2D eigenvalue weighted by Crippen LogP contribution is 2.24. The van der Waals surface area contributed by atoms with Crippen LogP contribution in [-0.2, 0) is 19.0 Å². The first kappa shape index (κ1) is 10.3. The molecule has 0 radical (unpaired) electrons. The lowest BCUT2D eigenvalue weighted by Crippen LogP contribution is -2.20. The fourth-order valence-corrected chi connectivity index (χ4v) is 1.77. The van der Waals surface area contributed by atoms with Gasteiger partial charge in [-0.1, -0.05) is 20.8 Å². The minimum atomic E-state index is 0.164. The van der Waals surface area contributed by atoms with E-state index in [4.69, 9.17) is 0 Å². The molecule has 1 heterocycles. The Hall–Kier alpha value is -0.830. The second kappa shape index (κ2) is 3.50. The van der Waals surface area contributed by atoms with Gasteiger partial charge in [-0.05, 0) is 7.05 Å². The summed E-state index contributed by atoms with van der Waals surface area (Å²) in [4.78, 5) is 0. The quantitative estimate of drug-likeness (QED) is 0.748. The van der Waals surface area contributed by atoms with E-state index in [2.05, 4.69) is 31.2 Å². The molecular formula is C10H19N3. The molecule has 1 rings (SSSR count). The van der Waals surface area contributed by atoms with Gasteiger partial charge in [-0.2, -0.15) is 5.10 Å². The van der Waals surface area contributed by atoms with Crippen LogP contribution >= 0.6 is 0 Å². The third-order valence-electron chi connectivity index (χ3n) is 2.09. The molecule has 0 aliphatic rings. The summed E-state index contributed by atoms with van der Waals surface area (Å²) >= 11 is 0. The van der Waals surface area contributed by atoms with E-state index in [0.717, 1.165) is 6.54 Å². The minimum absolute atomic E-state index is 0.164. The molecule has 3 nitrogen and oxygen atoms in total. The number of hydrogen-bond donors (Lipinski definition) is 1. The van der Waals surface area contributed by atoms with E-state index in [1.54, 1.807) is 0 Å². The number of nitrogens with one attached hydrogen (secondary N) is 1. The van der Waals surface area contributed by atoms with E-state index in [1.807, 2.05) is 25.0 Å². The molecule has 0 amide bonds. The van der Waals surface area contributed by atoms with Crippen molar-refractivity contribution in [2.75, 3.05) is 7.05 Å². The lowest BCUT2D eigenvalue weighted by molar-refractivity contribution is 0.515. The van der Waals surface area contributed by atoms with Crippen molar-refractivity contribution in [1.29, 1.82) is 0 Å². The highest BCUT2D eigenvalue weighted by atomic mass is 15.3. The smallest absolute Gasteiger partial charge is 0.0537 e. The third kappa shape index (κ3) is 2.10. The molecule has 1 N–H and O–H groups in total. The molecule has 0 bridgehead atoms. The van der Waals surface area contributed by atoms with Crippen molar-refractivity contribution in [3.8, 4) is 0 Å². The Morgan fingerprint density at radius 2 is 2.08 bits per heavy atom. The molecule has 0 aromatic carbocycles. The maximum atomic E-state index is 4.28. The third-order valence-corrected chi connectivity index (χ3v) is 2.09. The lowest BCUT2D eigenvalue weighted by atomic mass is 9.89. The molecule has 0 fully saturated rings. The first-order valence-corrected chi connectivity index (χ1v) is 4.62. The molecular weight excluding hydrogens is 162 g/mol. The Kier molecular flexibility index (Phi) is 2.76. The largest absolute Gasteiger partial charge is 0.316 e. The van der Waals surface area contributed by atoms with E-state index >= 15 is 0 Å². The molecule has 3 heteroatoms. The van der Waals surface area contributed by atoms with Crippen LogP contribution in [0.25, 0.3) is 0 Å². The van der Waals surface area contributed by atoms with Crippen LogP contribution in [0, 0.1) is 0 Å². The maximum Gasteiger partial charge on any atom is 0.0537 e.